The van der Waals surface area contributed by atoms with Crippen LogP contribution in [0.4, 0.5) is 0 Å². The van der Waals surface area contributed by atoms with Gasteiger partial charge in [0.1, 0.15) is 0 Å². The van der Waals surface area contributed by atoms with Crippen LogP contribution in [0.2, 0.25) is 0 Å². The van der Waals surface area contributed by atoms with Gasteiger partial charge in [0, 0.05) is 26.2 Å². The minimum Gasteiger partial charge on any atom is -0.393 e. The zero-order valence-electron chi connectivity index (χ0n) is 8.28. The molecule has 0 radical (unpaired) electrons. The highest BCUT2D eigenvalue weighted by atomic mass is 35.5. The lowest BCUT2D eigenvalue weighted by Crippen LogP contribution is -2.48. The molecular formula is C9H18ClN3O. The van der Waals surface area contributed by atoms with E-state index in [-0.39, 0.29) is 18.5 Å². The van der Waals surface area contributed by atoms with E-state index in [4.69, 9.17) is 0 Å². The van der Waals surface area contributed by atoms with E-state index in [1.807, 2.05) is 0 Å². The molecule has 0 bridgehead atoms. The van der Waals surface area contributed by atoms with E-state index in [9.17, 15) is 5.11 Å². The van der Waals surface area contributed by atoms with Crippen LogP contribution in [0.3, 0.4) is 0 Å². The summed E-state index contributed by atoms with van der Waals surface area (Å²) in [6, 6.07) is 0. The molecule has 4 nitrogen and oxygen atoms in total. The first-order chi connectivity index (χ1) is 6.36. The van der Waals surface area contributed by atoms with Crippen LogP contribution in [0, 0.1) is 0 Å². The summed E-state index contributed by atoms with van der Waals surface area (Å²) in [6.45, 7) is 3.86. The van der Waals surface area contributed by atoms with Crippen LogP contribution in [0.25, 0.3) is 0 Å². The molecule has 14 heavy (non-hydrogen) atoms. The quantitative estimate of drug-likeness (QED) is 0.613. The van der Waals surface area contributed by atoms with Crippen LogP contribution in [-0.4, -0.2) is 48.2 Å². The fourth-order valence-corrected chi connectivity index (χ4v) is 1.81. The highest BCUT2D eigenvalue weighted by Gasteiger charge is 2.20. The van der Waals surface area contributed by atoms with Gasteiger partial charge in [-0.2, -0.15) is 0 Å². The number of aliphatic imine (C=N–C) groups is 1. The van der Waals surface area contributed by atoms with Crippen molar-refractivity contribution in [2.45, 2.75) is 25.4 Å². The lowest BCUT2D eigenvalue weighted by Gasteiger charge is -2.33. The number of rotatable bonds is 0. The number of aliphatic hydroxyl groups is 1. The number of nitrogens with one attached hydrogen (secondary N) is 1. The summed E-state index contributed by atoms with van der Waals surface area (Å²) >= 11 is 0. The number of piperidine rings is 1. The average molecular weight is 220 g/mol. The van der Waals surface area contributed by atoms with E-state index in [1.54, 1.807) is 0 Å². The Morgan fingerprint density at radius 1 is 1.36 bits per heavy atom. The fourth-order valence-electron chi connectivity index (χ4n) is 1.81. The normalized spacial score (nSPS) is 23.5. The minimum absolute atomic E-state index is 0. The highest BCUT2D eigenvalue weighted by Crippen LogP contribution is 2.10. The van der Waals surface area contributed by atoms with E-state index < -0.39 is 0 Å². The van der Waals surface area contributed by atoms with E-state index in [2.05, 4.69) is 15.2 Å². The van der Waals surface area contributed by atoms with Gasteiger partial charge < -0.3 is 15.3 Å². The zero-order valence-corrected chi connectivity index (χ0v) is 9.09. The van der Waals surface area contributed by atoms with Crippen molar-refractivity contribution < 1.29 is 5.11 Å². The van der Waals surface area contributed by atoms with Gasteiger partial charge in [-0.1, -0.05) is 0 Å². The molecule has 1 saturated heterocycles. The Morgan fingerprint density at radius 3 is 2.64 bits per heavy atom. The second-order valence-corrected chi connectivity index (χ2v) is 3.70. The molecule has 2 heterocycles. The Morgan fingerprint density at radius 2 is 2.07 bits per heavy atom. The molecule has 0 spiro atoms. The predicted molar refractivity (Wildman–Crippen MR) is 59.0 cm³/mol. The highest BCUT2D eigenvalue weighted by molar-refractivity contribution is 5.85. The van der Waals surface area contributed by atoms with E-state index >= 15 is 0 Å². The van der Waals surface area contributed by atoms with Crippen molar-refractivity contribution in [3.63, 3.8) is 0 Å². The molecular weight excluding hydrogens is 202 g/mol. The van der Waals surface area contributed by atoms with Crippen LogP contribution >= 0.6 is 12.4 Å². The van der Waals surface area contributed by atoms with Gasteiger partial charge >= 0.3 is 0 Å². The van der Waals surface area contributed by atoms with Crippen LogP contribution in [-0.2, 0) is 0 Å². The lowest BCUT2D eigenvalue weighted by molar-refractivity contribution is 0.107. The lowest BCUT2D eigenvalue weighted by atomic mass is 10.1. The van der Waals surface area contributed by atoms with Crippen LogP contribution < -0.4 is 5.32 Å². The molecule has 2 N–H and O–H groups in total. The molecule has 0 aliphatic carbocycles. The van der Waals surface area contributed by atoms with Gasteiger partial charge in [0.15, 0.2) is 5.96 Å². The maximum Gasteiger partial charge on any atom is 0.193 e. The summed E-state index contributed by atoms with van der Waals surface area (Å²) in [5.74, 6) is 1.04. The second kappa shape index (κ2) is 5.41. The van der Waals surface area contributed by atoms with Crippen molar-refractivity contribution in [2.24, 2.45) is 4.99 Å². The topological polar surface area (TPSA) is 47.9 Å². The average Bonchev–Trinajstić information content (AvgIpc) is 2.20. The van der Waals surface area contributed by atoms with Gasteiger partial charge in [0.2, 0.25) is 0 Å². The summed E-state index contributed by atoms with van der Waals surface area (Å²) in [5.41, 5.74) is 0. The smallest absolute Gasteiger partial charge is 0.193 e. The molecule has 0 unspecified atom stereocenters. The number of aliphatic hydroxyl groups excluding tert-OH is 1. The molecule has 0 aromatic carbocycles. The summed E-state index contributed by atoms with van der Waals surface area (Å²) < 4.78 is 0. The van der Waals surface area contributed by atoms with Gasteiger partial charge in [-0.3, -0.25) is 4.99 Å². The van der Waals surface area contributed by atoms with E-state index in [0.29, 0.717) is 0 Å². The van der Waals surface area contributed by atoms with Crippen LogP contribution in [0.5, 0.6) is 0 Å². The second-order valence-electron chi connectivity index (χ2n) is 3.70. The number of likely N-dealkylation sites (tertiary alicyclic amines) is 1. The maximum atomic E-state index is 9.34. The van der Waals surface area contributed by atoms with E-state index in [1.165, 1.54) is 0 Å². The Balaban J connectivity index is 0.000000980. The van der Waals surface area contributed by atoms with Crippen LogP contribution in [0.15, 0.2) is 4.99 Å². The Bertz CT molecular complexity index is 202. The first-order valence-corrected chi connectivity index (χ1v) is 5.07. The number of hydrogen-bond donors (Lipinski definition) is 2. The van der Waals surface area contributed by atoms with Crippen molar-refractivity contribution >= 4 is 18.4 Å². The number of halogens is 1. The van der Waals surface area contributed by atoms with Gasteiger partial charge in [-0.25, -0.2) is 0 Å². The monoisotopic (exact) mass is 219 g/mol. The predicted octanol–water partition coefficient (Wildman–Crippen LogP) is 0.214. The minimum atomic E-state index is -0.0968. The summed E-state index contributed by atoms with van der Waals surface area (Å²) in [7, 11) is 0. The van der Waals surface area contributed by atoms with Crippen LogP contribution in [0.1, 0.15) is 19.3 Å². The van der Waals surface area contributed by atoms with Crippen molar-refractivity contribution in [2.75, 3.05) is 26.2 Å². The van der Waals surface area contributed by atoms with Crippen molar-refractivity contribution in [3.8, 4) is 0 Å². The standard InChI is InChI=1S/C9H17N3O.ClH/c13-8-2-6-12(7-3-8)9-10-4-1-5-11-9;/h8,13H,1-7H2,(H,10,11);1H. The Hall–Kier alpha value is -0.480. The van der Waals surface area contributed by atoms with Crippen molar-refractivity contribution in [3.05, 3.63) is 0 Å². The molecule has 2 aliphatic rings. The molecule has 0 atom stereocenters. The molecule has 0 amide bonds. The summed E-state index contributed by atoms with van der Waals surface area (Å²) in [4.78, 5) is 6.67. The molecule has 0 aromatic heterocycles. The maximum absolute atomic E-state index is 9.34. The largest absolute Gasteiger partial charge is 0.393 e. The molecule has 0 saturated carbocycles. The summed E-state index contributed by atoms with van der Waals surface area (Å²) in [6.07, 6.45) is 2.79. The van der Waals surface area contributed by atoms with E-state index in [0.717, 1.165) is 51.4 Å². The zero-order chi connectivity index (χ0) is 9.10. The first-order valence-electron chi connectivity index (χ1n) is 5.07. The van der Waals surface area contributed by atoms with Gasteiger partial charge in [0.25, 0.3) is 0 Å². The fraction of sp³-hybridized carbons (Fsp3) is 0.889. The van der Waals surface area contributed by atoms with Gasteiger partial charge in [-0.05, 0) is 19.3 Å². The Labute approximate surface area is 90.8 Å². The van der Waals surface area contributed by atoms with Crippen molar-refractivity contribution in [1.29, 1.82) is 0 Å². The third-order valence-electron chi connectivity index (χ3n) is 2.64. The van der Waals surface area contributed by atoms with Crippen molar-refractivity contribution in [1.82, 2.24) is 10.2 Å². The molecule has 0 aromatic rings. The number of guanidine groups is 1. The van der Waals surface area contributed by atoms with Gasteiger partial charge in [0.05, 0.1) is 6.10 Å². The molecule has 1 fully saturated rings. The number of nitrogens with zero attached hydrogens (tertiary/aromatic N) is 2. The van der Waals surface area contributed by atoms with Gasteiger partial charge in [-0.15, -0.1) is 12.4 Å². The Kier molecular flexibility index (Phi) is 4.48. The number of hydrogen-bond acceptors (Lipinski definition) is 4. The SMILES string of the molecule is Cl.OC1CCN(C2=NCCCN2)CC1. The third kappa shape index (κ3) is 2.75. The first kappa shape index (κ1) is 11.6. The summed E-state index contributed by atoms with van der Waals surface area (Å²) in [5, 5.41) is 12.6. The molecule has 2 rings (SSSR count). The molecule has 5 heteroatoms. The molecule has 2 aliphatic heterocycles. The third-order valence-corrected chi connectivity index (χ3v) is 2.64. The molecule has 82 valence electrons.